The van der Waals surface area contributed by atoms with E-state index in [4.69, 9.17) is 11.6 Å². The van der Waals surface area contributed by atoms with Gasteiger partial charge < -0.3 is 5.11 Å². The summed E-state index contributed by atoms with van der Waals surface area (Å²) in [5.41, 5.74) is 3.21. The van der Waals surface area contributed by atoms with Gasteiger partial charge in [0.1, 0.15) is 0 Å². The first-order valence-electron chi connectivity index (χ1n) is 10.8. The van der Waals surface area contributed by atoms with Crippen LogP contribution in [0, 0.1) is 18.8 Å². The zero-order valence-electron chi connectivity index (χ0n) is 17.7. The molecule has 0 aliphatic heterocycles. The summed E-state index contributed by atoms with van der Waals surface area (Å²) in [7, 11) is 0. The molecule has 1 N–H and O–H groups in total. The lowest BCUT2D eigenvalue weighted by Gasteiger charge is -2.38. The molecule has 0 heterocycles. The van der Waals surface area contributed by atoms with Crippen molar-refractivity contribution in [3.8, 4) is 0 Å². The van der Waals surface area contributed by atoms with Crippen molar-refractivity contribution in [3.05, 3.63) is 69.7 Å². The Hall–Kier alpha value is -1.64. The van der Waals surface area contributed by atoms with Crippen LogP contribution < -0.4 is 0 Å². The zero-order valence-corrected chi connectivity index (χ0v) is 18.4. The molecule has 0 saturated heterocycles. The molecule has 2 aliphatic rings. The van der Waals surface area contributed by atoms with Gasteiger partial charge in [0.05, 0.1) is 5.60 Å². The van der Waals surface area contributed by atoms with Crippen LogP contribution in [0.4, 0.5) is 0 Å². The lowest BCUT2D eigenvalue weighted by Crippen LogP contribution is -2.41. The molecule has 2 nitrogen and oxygen atoms in total. The van der Waals surface area contributed by atoms with E-state index in [9.17, 15) is 9.90 Å². The molecule has 2 aliphatic carbocycles. The van der Waals surface area contributed by atoms with Gasteiger partial charge in [0.15, 0.2) is 5.78 Å². The summed E-state index contributed by atoms with van der Waals surface area (Å²) in [4.78, 5) is 12.3. The van der Waals surface area contributed by atoms with Crippen LogP contribution in [0.2, 0.25) is 5.02 Å². The topological polar surface area (TPSA) is 37.3 Å². The van der Waals surface area contributed by atoms with Crippen molar-refractivity contribution in [1.29, 1.82) is 0 Å². The molecule has 0 aromatic heterocycles. The van der Waals surface area contributed by atoms with Gasteiger partial charge in [-0.15, -0.1) is 0 Å². The minimum atomic E-state index is -0.793. The Morgan fingerprint density at radius 3 is 2.41 bits per heavy atom. The molecule has 0 amide bonds. The summed E-state index contributed by atoms with van der Waals surface area (Å²) in [6, 6.07) is 14.2. The van der Waals surface area contributed by atoms with E-state index in [0.717, 1.165) is 31.2 Å². The highest BCUT2D eigenvalue weighted by molar-refractivity contribution is 6.31. The van der Waals surface area contributed by atoms with E-state index in [1.807, 2.05) is 12.1 Å². The minimum absolute atomic E-state index is 0.141. The van der Waals surface area contributed by atoms with Gasteiger partial charge in [0.25, 0.3) is 0 Å². The predicted octanol–water partition coefficient (Wildman–Crippen LogP) is 6.29. The molecule has 0 radical (unpaired) electrons. The van der Waals surface area contributed by atoms with Gasteiger partial charge in [-0.2, -0.15) is 0 Å². The normalized spacial score (nSPS) is 19.1. The van der Waals surface area contributed by atoms with Crippen molar-refractivity contribution in [3.63, 3.8) is 0 Å². The van der Waals surface area contributed by atoms with Crippen molar-refractivity contribution in [2.75, 3.05) is 0 Å². The maximum atomic E-state index is 12.3. The van der Waals surface area contributed by atoms with Gasteiger partial charge in [-0.1, -0.05) is 67.4 Å². The molecule has 2 aromatic carbocycles. The van der Waals surface area contributed by atoms with Crippen LogP contribution in [0.15, 0.2) is 42.5 Å². The third-order valence-electron chi connectivity index (χ3n) is 6.67. The number of aryl methyl sites for hydroxylation is 1. The Bertz CT molecular complexity index is 924. The molecular formula is C26H31ClO2. The summed E-state index contributed by atoms with van der Waals surface area (Å²) in [5.74, 6) is 0.711. The second kappa shape index (κ2) is 7.56. The van der Waals surface area contributed by atoms with E-state index < -0.39 is 5.60 Å². The van der Waals surface area contributed by atoms with Crippen molar-refractivity contribution in [2.45, 2.75) is 70.3 Å². The summed E-state index contributed by atoms with van der Waals surface area (Å²) in [5, 5.41) is 12.3. The standard InChI is InChI=1S/C26H31ClO2/c1-17-5-4-6-22(13-17)25(2,3)16-26(29,21-11-12-21)15-20-10-9-19(14-23(20)27)24(28)18-7-8-18/h4-6,9-10,13-14,18,21,29H,7-8,11-12,15-16H2,1-3H3. The van der Waals surface area contributed by atoms with Crippen LogP contribution in [0.5, 0.6) is 0 Å². The van der Waals surface area contributed by atoms with Crippen LogP contribution in [0.3, 0.4) is 0 Å². The second-order valence-corrected chi connectivity index (χ2v) is 10.3. The maximum Gasteiger partial charge on any atom is 0.165 e. The third kappa shape index (κ3) is 4.59. The largest absolute Gasteiger partial charge is 0.389 e. The Kier molecular flexibility index (Phi) is 5.38. The average molecular weight is 411 g/mol. The molecule has 1 unspecified atom stereocenters. The Morgan fingerprint density at radius 2 is 1.83 bits per heavy atom. The second-order valence-electron chi connectivity index (χ2n) is 9.93. The highest BCUT2D eigenvalue weighted by Gasteiger charge is 2.47. The SMILES string of the molecule is Cc1cccc(C(C)(C)CC(O)(Cc2ccc(C(=O)C3CC3)cc2Cl)C2CC2)c1. The quantitative estimate of drug-likeness (QED) is 0.519. The third-order valence-corrected chi connectivity index (χ3v) is 7.02. The van der Waals surface area contributed by atoms with Crippen LogP contribution in [-0.2, 0) is 11.8 Å². The molecular weight excluding hydrogens is 380 g/mol. The van der Waals surface area contributed by atoms with E-state index in [-0.39, 0.29) is 17.1 Å². The van der Waals surface area contributed by atoms with Crippen LogP contribution in [0.1, 0.15) is 73.0 Å². The van der Waals surface area contributed by atoms with E-state index in [2.05, 4.69) is 45.0 Å². The van der Waals surface area contributed by atoms with E-state index in [1.165, 1.54) is 11.1 Å². The first-order valence-corrected chi connectivity index (χ1v) is 11.2. The highest BCUT2D eigenvalue weighted by Crippen LogP contribution is 2.48. The molecule has 29 heavy (non-hydrogen) atoms. The van der Waals surface area contributed by atoms with Crippen molar-refractivity contribution < 1.29 is 9.90 Å². The Morgan fingerprint density at radius 1 is 1.10 bits per heavy atom. The molecule has 3 heteroatoms. The lowest BCUT2D eigenvalue weighted by atomic mass is 9.71. The lowest BCUT2D eigenvalue weighted by molar-refractivity contribution is -0.00799. The van der Waals surface area contributed by atoms with Gasteiger partial charge in [0.2, 0.25) is 0 Å². The summed E-state index contributed by atoms with van der Waals surface area (Å²) in [6.07, 6.45) is 5.34. The molecule has 1 atom stereocenters. The fourth-order valence-corrected chi connectivity index (χ4v) is 4.91. The van der Waals surface area contributed by atoms with Crippen LogP contribution in [-0.4, -0.2) is 16.5 Å². The fourth-order valence-electron chi connectivity index (χ4n) is 4.66. The molecule has 4 rings (SSSR count). The number of carbonyl (C=O) groups is 1. The fraction of sp³-hybridized carbons (Fsp3) is 0.500. The minimum Gasteiger partial charge on any atom is -0.389 e. The smallest absolute Gasteiger partial charge is 0.165 e. The molecule has 0 spiro atoms. The molecule has 0 bridgehead atoms. The first-order chi connectivity index (χ1) is 13.7. The number of ketones is 1. The van der Waals surface area contributed by atoms with Crippen molar-refractivity contribution in [2.24, 2.45) is 11.8 Å². The van der Waals surface area contributed by atoms with Crippen molar-refractivity contribution >= 4 is 17.4 Å². The summed E-state index contributed by atoms with van der Waals surface area (Å²) < 4.78 is 0. The number of carbonyl (C=O) groups excluding carboxylic acids is 1. The van der Waals surface area contributed by atoms with Gasteiger partial charge in [0, 0.05) is 22.9 Å². The van der Waals surface area contributed by atoms with Gasteiger partial charge in [-0.05, 0) is 67.6 Å². The molecule has 2 aromatic rings. The number of Topliss-reactive ketones (excluding diaryl/α,β-unsaturated/α-hetero) is 1. The summed E-state index contributed by atoms with van der Waals surface area (Å²) in [6.45, 7) is 6.54. The zero-order chi connectivity index (χ0) is 20.8. The Labute approximate surface area is 179 Å². The van der Waals surface area contributed by atoms with Crippen molar-refractivity contribution in [1.82, 2.24) is 0 Å². The molecule has 154 valence electrons. The molecule has 2 fully saturated rings. The van der Waals surface area contributed by atoms with E-state index >= 15 is 0 Å². The maximum absolute atomic E-state index is 12.3. The average Bonchev–Trinajstić information content (AvgIpc) is 3.55. The van der Waals surface area contributed by atoms with Gasteiger partial charge in [-0.25, -0.2) is 0 Å². The first kappa shape index (κ1) is 20.6. The predicted molar refractivity (Wildman–Crippen MR) is 119 cm³/mol. The number of hydrogen-bond donors (Lipinski definition) is 1. The Balaban J connectivity index is 1.56. The van der Waals surface area contributed by atoms with Crippen LogP contribution >= 0.6 is 11.6 Å². The van der Waals surface area contributed by atoms with Gasteiger partial charge in [-0.3, -0.25) is 4.79 Å². The number of hydrogen-bond acceptors (Lipinski definition) is 2. The number of benzene rings is 2. The number of aliphatic hydroxyl groups is 1. The van der Waals surface area contributed by atoms with E-state index in [0.29, 0.717) is 29.3 Å². The number of rotatable bonds is 8. The molecule has 2 saturated carbocycles. The number of halogens is 1. The van der Waals surface area contributed by atoms with Gasteiger partial charge >= 0.3 is 0 Å². The summed E-state index contributed by atoms with van der Waals surface area (Å²) >= 11 is 6.58. The monoisotopic (exact) mass is 410 g/mol. The highest BCUT2D eigenvalue weighted by atomic mass is 35.5. The van der Waals surface area contributed by atoms with E-state index in [1.54, 1.807) is 6.07 Å². The van der Waals surface area contributed by atoms with Crippen LogP contribution in [0.25, 0.3) is 0 Å².